The van der Waals surface area contributed by atoms with Crippen molar-refractivity contribution in [3.05, 3.63) is 34.9 Å². The van der Waals surface area contributed by atoms with Crippen LogP contribution in [0.4, 0.5) is 0 Å². The Morgan fingerprint density at radius 2 is 2.10 bits per heavy atom. The molecule has 1 aromatic rings. The lowest BCUT2D eigenvalue weighted by Gasteiger charge is -2.33. The Balaban J connectivity index is 1.47. The normalized spacial score (nSPS) is 24.5. The Morgan fingerprint density at radius 1 is 1.24 bits per heavy atom. The van der Waals surface area contributed by atoms with E-state index in [0.29, 0.717) is 18.0 Å². The second-order valence-corrected chi connectivity index (χ2v) is 8.60. The van der Waals surface area contributed by atoms with Gasteiger partial charge in [0.05, 0.1) is 5.92 Å². The van der Waals surface area contributed by atoms with Crippen LogP contribution < -0.4 is 16.2 Å². The summed E-state index contributed by atoms with van der Waals surface area (Å²) in [6, 6.07) is 7.48. The number of carbonyl (C=O) groups excluding carboxylic acids is 2. The standard InChI is InChI=1S/C22H33ClN4O2/c1-2-3-4-5-11-24-21(28)17-9-7-12-27(15-17)22(29)20-14-19(25-26-20)16-8-6-10-18(23)13-16/h6,8,10,13,17,19-20,25-26H,2-5,7,9,11-12,14-15H2,1H3,(H,24,28). The SMILES string of the molecule is CCCCCCNC(=O)C1CCCN(C(=O)C2CC(c3cccc(Cl)c3)NN2)C1. The number of unbranched alkanes of at least 4 members (excludes halogenated alkanes) is 3. The zero-order chi connectivity index (χ0) is 20.6. The van der Waals surface area contributed by atoms with E-state index < -0.39 is 0 Å². The zero-order valence-electron chi connectivity index (χ0n) is 17.3. The Labute approximate surface area is 178 Å². The van der Waals surface area contributed by atoms with Gasteiger partial charge in [-0.3, -0.25) is 9.59 Å². The van der Waals surface area contributed by atoms with Gasteiger partial charge in [-0.2, -0.15) is 0 Å². The number of nitrogens with zero attached hydrogens (tertiary/aromatic N) is 1. The molecule has 2 aliphatic rings. The van der Waals surface area contributed by atoms with Gasteiger partial charge in [0.1, 0.15) is 6.04 Å². The van der Waals surface area contributed by atoms with Gasteiger partial charge in [-0.1, -0.05) is 49.9 Å². The van der Waals surface area contributed by atoms with E-state index in [1.165, 1.54) is 12.8 Å². The first kappa shape index (κ1) is 22.1. The molecule has 160 valence electrons. The number of piperidine rings is 1. The molecule has 1 aromatic carbocycles. The molecule has 0 saturated carbocycles. The number of hydrazine groups is 1. The lowest BCUT2D eigenvalue weighted by Crippen LogP contribution is -2.51. The number of halogens is 1. The molecule has 2 fully saturated rings. The van der Waals surface area contributed by atoms with E-state index in [2.05, 4.69) is 23.1 Å². The molecule has 29 heavy (non-hydrogen) atoms. The van der Waals surface area contributed by atoms with Crippen LogP contribution in [-0.4, -0.2) is 42.4 Å². The van der Waals surface area contributed by atoms with Crippen LogP contribution in [0.2, 0.25) is 5.02 Å². The van der Waals surface area contributed by atoms with Crippen molar-refractivity contribution < 1.29 is 9.59 Å². The smallest absolute Gasteiger partial charge is 0.241 e. The molecule has 3 rings (SSSR count). The first-order valence-corrected chi connectivity index (χ1v) is 11.3. The van der Waals surface area contributed by atoms with Gasteiger partial charge in [0.2, 0.25) is 11.8 Å². The molecule has 6 nitrogen and oxygen atoms in total. The van der Waals surface area contributed by atoms with Gasteiger partial charge >= 0.3 is 0 Å². The van der Waals surface area contributed by atoms with Gasteiger partial charge in [-0.15, -0.1) is 0 Å². The van der Waals surface area contributed by atoms with Crippen molar-refractivity contribution in [2.24, 2.45) is 5.92 Å². The number of hydrogen-bond donors (Lipinski definition) is 3. The van der Waals surface area contributed by atoms with Crippen LogP contribution >= 0.6 is 11.6 Å². The molecule has 3 unspecified atom stereocenters. The number of nitrogens with one attached hydrogen (secondary N) is 3. The van der Waals surface area contributed by atoms with Crippen molar-refractivity contribution in [3.63, 3.8) is 0 Å². The summed E-state index contributed by atoms with van der Waals surface area (Å²) >= 11 is 6.09. The third-order valence-corrected chi connectivity index (χ3v) is 6.12. The zero-order valence-corrected chi connectivity index (χ0v) is 18.0. The summed E-state index contributed by atoms with van der Waals surface area (Å²) in [5.74, 6) is 0.0627. The fourth-order valence-electron chi connectivity index (χ4n) is 4.18. The molecule has 2 aliphatic heterocycles. The number of likely N-dealkylation sites (tertiary alicyclic amines) is 1. The molecule has 0 aliphatic carbocycles. The summed E-state index contributed by atoms with van der Waals surface area (Å²) in [6.07, 6.45) is 6.97. The topological polar surface area (TPSA) is 73.5 Å². The highest BCUT2D eigenvalue weighted by molar-refractivity contribution is 6.30. The molecule has 2 amide bonds. The Morgan fingerprint density at radius 3 is 2.90 bits per heavy atom. The van der Waals surface area contributed by atoms with Crippen LogP contribution in [0.3, 0.4) is 0 Å². The van der Waals surface area contributed by atoms with Crippen molar-refractivity contribution >= 4 is 23.4 Å². The third kappa shape index (κ3) is 6.17. The Bertz CT molecular complexity index is 699. The molecular formula is C22H33ClN4O2. The molecule has 2 heterocycles. The molecule has 0 bridgehead atoms. The monoisotopic (exact) mass is 420 g/mol. The minimum atomic E-state index is -0.283. The maximum Gasteiger partial charge on any atom is 0.241 e. The summed E-state index contributed by atoms with van der Waals surface area (Å²) in [5, 5.41) is 3.75. The van der Waals surface area contributed by atoms with Crippen LogP contribution in [0.15, 0.2) is 24.3 Å². The predicted molar refractivity (Wildman–Crippen MR) is 115 cm³/mol. The highest BCUT2D eigenvalue weighted by Gasteiger charge is 2.36. The fraction of sp³-hybridized carbons (Fsp3) is 0.636. The fourth-order valence-corrected chi connectivity index (χ4v) is 4.38. The third-order valence-electron chi connectivity index (χ3n) is 5.89. The van der Waals surface area contributed by atoms with E-state index >= 15 is 0 Å². The number of hydrogen-bond acceptors (Lipinski definition) is 4. The van der Waals surface area contributed by atoms with Crippen LogP contribution in [0.1, 0.15) is 63.5 Å². The molecule has 3 atom stereocenters. The van der Waals surface area contributed by atoms with E-state index in [4.69, 9.17) is 11.6 Å². The van der Waals surface area contributed by atoms with Gasteiger partial charge in [0.25, 0.3) is 0 Å². The lowest BCUT2D eigenvalue weighted by atomic mass is 9.95. The average Bonchev–Trinajstić information content (AvgIpc) is 3.23. The number of benzene rings is 1. The van der Waals surface area contributed by atoms with Crippen molar-refractivity contribution in [1.29, 1.82) is 0 Å². The predicted octanol–water partition coefficient (Wildman–Crippen LogP) is 3.18. The summed E-state index contributed by atoms with van der Waals surface area (Å²) in [7, 11) is 0. The highest BCUT2D eigenvalue weighted by Crippen LogP contribution is 2.26. The van der Waals surface area contributed by atoms with E-state index in [1.807, 2.05) is 29.2 Å². The van der Waals surface area contributed by atoms with Crippen LogP contribution in [0.25, 0.3) is 0 Å². The van der Waals surface area contributed by atoms with Gasteiger partial charge in [-0.25, -0.2) is 10.9 Å². The number of carbonyl (C=O) groups is 2. The van der Waals surface area contributed by atoms with Crippen LogP contribution in [0.5, 0.6) is 0 Å². The van der Waals surface area contributed by atoms with E-state index in [1.54, 1.807) is 0 Å². The van der Waals surface area contributed by atoms with E-state index in [-0.39, 0.29) is 29.8 Å². The largest absolute Gasteiger partial charge is 0.356 e. The highest BCUT2D eigenvalue weighted by atomic mass is 35.5. The Kier molecular flexibility index (Phi) is 8.33. The first-order valence-electron chi connectivity index (χ1n) is 10.9. The molecule has 0 radical (unpaired) electrons. The second-order valence-electron chi connectivity index (χ2n) is 8.16. The summed E-state index contributed by atoms with van der Waals surface area (Å²) in [6.45, 7) is 4.15. The summed E-state index contributed by atoms with van der Waals surface area (Å²) in [5.41, 5.74) is 7.42. The van der Waals surface area contributed by atoms with E-state index in [0.717, 1.165) is 44.3 Å². The lowest BCUT2D eigenvalue weighted by molar-refractivity contribution is -0.137. The van der Waals surface area contributed by atoms with Crippen molar-refractivity contribution in [2.45, 2.75) is 64.0 Å². The van der Waals surface area contributed by atoms with Crippen molar-refractivity contribution in [3.8, 4) is 0 Å². The molecule has 0 aromatic heterocycles. The molecule has 3 N–H and O–H groups in total. The molecular weight excluding hydrogens is 388 g/mol. The van der Waals surface area contributed by atoms with Gasteiger partial charge in [0.15, 0.2) is 0 Å². The van der Waals surface area contributed by atoms with Crippen molar-refractivity contribution in [1.82, 2.24) is 21.1 Å². The Hall–Kier alpha value is -1.63. The summed E-state index contributed by atoms with van der Waals surface area (Å²) < 4.78 is 0. The minimum Gasteiger partial charge on any atom is -0.356 e. The quantitative estimate of drug-likeness (QED) is 0.565. The van der Waals surface area contributed by atoms with E-state index in [9.17, 15) is 9.59 Å². The number of rotatable bonds is 8. The molecule has 7 heteroatoms. The first-order chi connectivity index (χ1) is 14.1. The van der Waals surface area contributed by atoms with Crippen LogP contribution in [0, 0.1) is 5.92 Å². The van der Waals surface area contributed by atoms with Crippen LogP contribution in [-0.2, 0) is 9.59 Å². The second kappa shape index (κ2) is 11.0. The molecule has 2 saturated heterocycles. The molecule has 0 spiro atoms. The minimum absolute atomic E-state index is 0.0506. The van der Waals surface area contributed by atoms with Gasteiger partial charge in [-0.05, 0) is 43.4 Å². The maximum atomic E-state index is 13.0. The van der Waals surface area contributed by atoms with Gasteiger partial charge in [0, 0.05) is 30.7 Å². The average molecular weight is 421 g/mol. The number of amides is 2. The van der Waals surface area contributed by atoms with Crippen molar-refractivity contribution in [2.75, 3.05) is 19.6 Å². The van der Waals surface area contributed by atoms with Gasteiger partial charge < -0.3 is 10.2 Å². The maximum absolute atomic E-state index is 13.0. The summed E-state index contributed by atoms with van der Waals surface area (Å²) in [4.78, 5) is 27.4.